The third-order valence-corrected chi connectivity index (χ3v) is 5.47. The van der Waals surface area contributed by atoms with E-state index in [4.69, 9.17) is 9.47 Å². The van der Waals surface area contributed by atoms with E-state index in [2.05, 4.69) is 19.2 Å². The van der Waals surface area contributed by atoms with E-state index in [1.807, 2.05) is 50.8 Å². The summed E-state index contributed by atoms with van der Waals surface area (Å²) in [5.74, 6) is 1.39. The average Bonchev–Trinajstić information content (AvgIpc) is 2.75. The summed E-state index contributed by atoms with van der Waals surface area (Å²) in [6.45, 7) is 14.4. The number of piperidine rings is 1. The van der Waals surface area contributed by atoms with E-state index in [1.54, 1.807) is 0 Å². The van der Waals surface area contributed by atoms with Crippen molar-refractivity contribution in [3.63, 3.8) is 0 Å². The van der Waals surface area contributed by atoms with Gasteiger partial charge in [-0.3, -0.25) is 9.59 Å². The van der Waals surface area contributed by atoms with Crippen LogP contribution in [-0.2, 0) is 9.59 Å². The maximum atomic E-state index is 13.0. The highest BCUT2D eigenvalue weighted by Gasteiger charge is 2.33. The molecule has 1 heterocycles. The van der Waals surface area contributed by atoms with E-state index in [0.29, 0.717) is 25.5 Å². The number of carbonyl (C=O) groups is 2. The summed E-state index contributed by atoms with van der Waals surface area (Å²) >= 11 is 0. The second kappa shape index (κ2) is 11.4. The third kappa shape index (κ3) is 7.15. The van der Waals surface area contributed by atoms with Gasteiger partial charge in [-0.1, -0.05) is 40.7 Å². The Balaban J connectivity index is 2.05. The first-order valence-corrected chi connectivity index (χ1v) is 11.7. The van der Waals surface area contributed by atoms with Crippen molar-refractivity contribution in [3.8, 4) is 11.5 Å². The minimum Gasteiger partial charge on any atom is -0.490 e. The molecule has 1 aromatic carbocycles. The molecule has 1 fully saturated rings. The van der Waals surface area contributed by atoms with Crippen molar-refractivity contribution in [3.05, 3.63) is 23.8 Å². The van der Waals surface area contributed by atoms with Crippen LogP contribution in [0, 0.1) is 11.3 Å². The summed E-state index contributed by atoms with van der Waals surface area (Å²) in [6.07, 6.45) is 3.50. The van der Waals surface area contributed by atoms with Gasteiger partial charge in [-0.2, -0.15) is 0 Å². The Hall–Kier alpha value is -2.24. The molecular formula is C25H40N2O4. The molecule has 0 bridgehead atoms. The minimum atomic E-state index is -0.428. The summed E-state index contributed by atoms with van der Waals surface area (Å²) in [5.41, 5.74) is 0.545. The van der Waals surface area contributed by atoms with Crippen molar-refractivity contribution in [2.75, 3.05) is 26.3 Å². The van der Waals surface area contributed by atoms with E-state index >= 15 is 0 Å². The summed E-state index contributed by atoms with van der Waals surface area (Å²) in [5, 5.41) is 3.14. The van der Waals surface area contributed by atoms with Crippen LogP contribution in [0.1, 0.15) is 78.8 Å². The van der Waals surface area contributed by atoms with Crippen LogP contribution in [0.25, 0.3) is 0 Å². The molecule has 2 amide bonds. The van der Waals surface area contributed by atoms with Gasteiger partial charge in [0.2, 0.25) is 11.8 Å². The first-order chi connectivity index (χ1) is 14.7. The van der Waals surface area contributed by atoms with Crippen molar-refractivity contribution in [1.82, 2.24) is 10.2 Å². The fraction of sp³-hybridized carbons (Fsp3) is 0.680. The Bertz CT molecular complexity index is 742. The molecule has 31 heavy (non-hydrogen) atoms. The van der Waals surface area contributed by atoms with Crippen molar-refractivity contribution < 1.29 is 19.1 Å². The number of amides is 2. The molecule has 0 saturated carbocycles. The summed E-state index contributed by atoms with van der Waals surface area (Å²) < 4.78 is 11.7. The predicted molar refractivity (Wildman–Crippen MR) is 123 cm³/mol. The molecule has 1 saturated heterocycles. The minimum absolute atomic E-state index is 0.00115. The highest BCUT2D eigenvalue weighted by atomic mass is 16.5. The molecular weight excluding hydrogens is 392 g/mol. The maximum absolute atomic E-state index is 13.0. The molecule has 2 atom stereocenters. The second-order valence-corrected chi connectivity index (χ2v) is 9.47. The molecule has 2 unspecified atom stereocenters. The molecule has 6 heteroatoms. The smallest absolute Gasteiger partial charge is 0.227 e. The zero-order valence-corrected chi connectivity index (χ0v) is 20.1. The van der Waals surface area contributed by atoms with Crippen LogP contribution in [0.15, 0.2) is 18.2 Å². The number of ether oxygens (including phenoxy) is 2. The Morgan fingerprint density at radius 2 is 1.77 bits per heavy atom. The number of likely N-dealkylation sites (tertiary alicyclic amines) is 1. The van der Waals surface area contributed by atoms with E-state index in [-0.39, 0.29) is 23.8 Å². The van der Waals surface area contributed by atoms with Crippen molar-refractivity contribution in [2.24, 2.45) is 11.3 Å². The largest absolute Gasteiger partial charge is 0.490 e. The van der Waals surface area contributed by atoms with Crippen LogP contribution in [0.3, 0.4) is 0 Å². The molecule has 2 rings (SSSR count). The normalized spacial score (nSPS) is 17.7. The molecule has 1 aliphatic rings. The summed E-state index contributed by atoms with van der Waals surface area (Å²) in [7, 11) is 0. The lowest BCUT2D eigenvalue weighted by atomic mass is 9.90. The van der Waals surface area contributed by atoms with Gasteiger partial charge in [0, 0.05) is 18.5 Å². The maximum Gasteiger partial charge on any atom is 0.227 e. The van der Waals surface area contributed by atoms with Crippen LogP contribution in [-0.4, -0.2) is 43.0 Å². The SMILES string of the molecule is CCCOc1ccc(C(C)NC(=O)C2CCCN(C(=O)C(C)(C)C)C2)cc1OCCC. The van der Waals surface area contributed by atoms with Gasteiger partial charge in [0.1, 0.15) is 0 Å². The number of carbonyl (C=O) groups excluding carboxylic acids is 2. The van der Waals surface area contributed by atoms with Crippen molar-refractivity contribution in [1.29, 1.82) is 0 Å². The number of nitrogens with one attached hydrogen (secondary N) is 1. The topological polar surface area (TPSA) is 67.9 Å². The van der Waals surface area contributed by atoms with Gasteiger partial charge in [-0.05, 0) is 50.3 Å². The monoisotopic (exact) mass is 432 g/mol. The number of rotatable bonds is 9. The Morgan fingerprint density at radius 1 is 1.13 bits per heavy atom. The van der Waals surface area contributed by atoms with Crippen LogP contribution in [0.4, 0.5) is 0 Å². The summed E-state index contributed by atoms with van der Waals surface area (Å²) in [4.78, 5) is 27.4. The number of benzene rings is 1. The molecule has 0 aliphatic carbocycles. The van der Waals surface area contributed by atoms with E-state index in [9.17, 15) is 9.59 Å². The van der Waals surface area contributed by atoms with Gasteiger partial charge < -0.3 is 19.7 Å². The molecule has 6 nitrogen and oxygen atoms in total. The van der Waals surface area contributed by atoms with Crippen LogP contribution in [0.5, 0.6) is 11.5 Å². The molecule has 1 N–H and O–H groups in total. The Morgan fingerprint density at radius 3 is 2.39 bits per heavy atom. The lowest BCUT2D eigenvalue weighted by Crippen LogP contribution is -2.49. The Kier molecular flexibility index (Phi) is 9.20. The van der Waals surface area contributed by atoms with Gasteiger partial charge in [-0.15, -0.1) is 0 Å². The lowest BCUT2D eigenvalue weighted by Gasteiger charge is -2.36. The first-order valence-electron chi connectivity index (χ1n) is 11.7. The second-order valence-electron chi connectivity index (χ2n) is 9.47. The predicted octanol–water partition coefficient (Wildman–Crippen LogP) is 4.73. The zero-order chi connectivity index (χ0) is 23.0. The fourth-order valence-corrected chi connectivity index (χ4v) is 3.71. The van der Waals surface area contributed by atoms with E-state index in [1.165, 1.54) is 0 Å². The molecule has 174 valence electrons. The van der Waals surface area contributed by atoms with Gasteiger partial charge in [0.25, 0.3) is 0 Å². The number of hydrogen-bond donors (Lipinski definition) is 1. The third-order valence-electron chi connectivity index (χ3n) is 5.47. The van der Waals surface area contributed by atoms with E-state index < -0.39 is 5.41 Å². The van der Waals surface area contributed by atoms with Crippen molar-refractivity contribution >= 4 is 11.8 Å². The highest BCUT2D eigenvalue weighted by molar-refractivity contribution is 5.84. The molecule has 0 radical (unpaired) electrons. The summed E-state index contributed by atoms with van der Waals surface area (Å²) in [6, 6.07) is 5.70. The molecule has 1 aromatic rings. The highest BCUT2D eigenvalue weighted by Crippen LogP contribution is 2.31. The van der Waals surface area contributed by atoms with Gasteiger partial charge in [0.05, 0.1) is 25.2 Å². The van der Waals surface area contributed by atoms with Crippen LogP contribution in [0.2, 0.25) is 0 Å². The standard InChI is InChI=1S/C25H40N2O4/c1-7-14-30-21-12-11-19(16-22(21)31-15-8-2)18(3)26-23(28)20-10-9-13-27(17-20)24(29)25(4,5)6/h11-12,16,18,20H,7-10,13-15,17H2,1-6H3,(H,26,28). The number of nitrogens with zero attached hydrogens (tertiary/aromatic N) is 1. The van der Waals surface area contributed by atoms with Crippen molar-refractivity contribution in [2.45, 2.75) is 73.3 Å². The zero-order valence-electron chi connectivity index (χ0n) is 20.1. The lowest BCUT2D eigenvalue weighted by molar-refractivity contribution is -0.142. The van der Waals surface area contributed by atoms with Crippen LogP contribution >= 0.6 is 0 Å². The Labute approximate surface area is 187 Å². The fourth-order valence-electron chi connectivity index (χ4n) is 3.71. The average molecular weight is 433 g/mol. The molecule has 0 spiro atoms. The quantitative estimate of drug-likeness (QED) is 0.613. The molecule has 0 aromatic heterocycles. The van der Waals surface area contributed by atoms with E-state index in [0.717, 1.165) is 43.5 Å². The van der Waals surface area contributed by atoms with Gasteiger partial charge >= 0.3 is 0 Å². The van der Waals surface area contributed by atoms with Gasteiger partial charge in [0.15, 0.2) is 11.5 Å². The number of hydrogen-bond acceptors (Lipinski definition) is 4. The molecule has 1 aliphatic heterocycles. The first kappa shape index (κ1) is 25.0. The van der Waals surface area contributed by atoms with Gasteiger partial charge in [-0.25, -0.2) is 0 Å². The van der Waals surface area contributed by atoms with Crippen LogP contribution < -0.4 is 14.8 Å².